The summed E-state index contributed by atoms with van der Waals surface area (Å²) in [5.41, 5.74) is 8.36. The first kappa shape index (κ1) is 14.4. The largest absolute Gasteiger partial charge is 0.324 e. The van der Waals surface area contributed by atoms with E-state index in [2.05, 4.69) is 12.1 Å². The smallest absolute Gasteiger partial charge is 0.0452 e. The maximum atomic E-state index is 6.17. The highest BCUT2D eigenvalue weighted by Gasteiger charge is 2.08. The van der Waals surface area contributed by atoms with Gasteiger partial charge in [-0.15, -0.1) is 0 Å². The van der Waals surface area contributed by atoms with E-state index in [1.54, 1.807) is 0 Å². The molecular formula is C16H17Cl2N. The van der Waals surface area contributed by atoms with Crippen molar-refractivity contribution < 1.29 is 0 Å². The van der Waals surface area contributed by atoms with E-state index in [1.165, 1.54) is 5.56 Å². The highest BCUT2D eigenvalue weighted by molar-refractivity contribution is 6.35. The molecule has 2 rings (SSSR count). The quantitative estimate of drug-likeness (QED) is 0.823. The zero-order valence-corrected chi connectivity index (χ0v) is 12.2. The maximum absolute atomic E-state index is 6.17. The third kappa shape index (κ3) is 3.97. The van der Waals surface area contributed by atoms with Crippen LogP contribution in [0.2, 0.25) is 10.0 Å². The molecule has 2 aromatic rings. The SMILES string of the molecule is NC(CCCc1c(Cl)cccc1Cl)c1ccccc1. The van der Waals surface area contributed by atoms with Crippen molar-refractivity contribution in [2.24, 2.45) is 5.73 Å². The number of halogens is 2. The van der Waals surface area contributed by atoms with Crippen molar-refractivity contribution in [3.63, 3.8) is 0 Å². The highest BCUT2D eigenvalue weighted by atomic mass is 35.5. The average molecular weight is 294 g/mol. The van der Waals surface area contributed by atoms with E-state index in [4.69, 9.17) is 28.9 Å². The standard InChI is InChI=1S/C16H17Cl2N/c17-14-9-5-10-15(18)13(14)8-4-11-16(19)12-6-2-1-3-7-12/h1-3,5-7,9-10,16H,4,8,11,19H2. The van der Waals surface area contributed by atoms with Gasteiger partial charge in [-0.25, -0.2) is 0 Å². The van der Waals surface area contributed by atoms with Crippen LogP contribution in [0.15, 0.2) is 48.5 Å². The number of nitrogens with two attached hydrogens (primary N) is 1. The zero-order valence-electron chi connectivity index (χ0n) is 10.7. The Bertz CT molecular complexity index is 505. The van der Waals surface area contributed by atoms with Crippen LogP contribution in [0.5, 0.6) is 0 Å². The second-order valence-electron chi connectivity index (χ2n) is 4.61. The Hall–Kier alpha value is -1.02. The van der Waals surface area contributed by atoms with Crippen LogP contribution in [-0.4, -0.2) is 0 Å². The molecule has 0 fully saturated rings. The lowest BCUT2D eigenvalue weighted by atomic mass is 10.00. The van der Waals surface area contributed by atoms with Crippen LogP contribution in [0.25, 0.3) is 0 Å². The van der Waals surface area contributed by atoms with Crippen LogP contribution in [-0.2, 0) is 6.42 Å². The molecular weight excluding hydrogens is 277 g/mol. The van der Waals surface area contributed by atoms with Gasteiger partial charge in [0.1, 0.15) is 0 Å². The van der Waals surface area contributed by atoms with Gasteiger partial charge >= 0.3 is 0 Å². The first-order valence-corrected chi connectivity index (χ1v) is 7.17. The molecule has 1 atom stereocenters. The number of benzene rings is 2. The van der Waals surface area contributed by atoms with Crippen molar-refractivity contribution in [1.82, 2.24) is 0 Å². The molecule has 0 amide bonds. The summed E-state index contributed by atoms with van der Waals surface area (Å²) in [5.74, 6) is 0. The van der Waals surface area contributed by atoms with Crippen molar-refractivity contribution in [3.8, 4) is 0 Å². The van der Waals surface area contributed by atoms with Gasteiger partial charge in [-0.05, 0) is 42.5 Å². The second-order valence-corrected chi connectivity index (χ2v) is 5.42. The first-order chi connectivity index (χ1) is 9.18. The molecule has 0 aromatic heterocycles. The van der Waals surface area contributed by atoms with Crippen LogP contribution < -0.4 is 5.73 Å². The third-order valence-electron chi connectivity index (χ3n) is 3.23. The van der Waals surface area contributed by atoms with Gasteiger partial charge in [-0.3, -0.25) is 0 Å². The van der Waals surface area contributed by atoms with E-state index >= 15 is 0 Å². The normalized spacial score (nSPS) is 12.4. The van der Waals surface area contributed by atoms with E-state index < -0.39 is 0 Å². The third-order valence-corrected chi connectivity index (χ3v) is 3.94. The van der Waals surface area contributed by atoms with Gasteiger partial charge in [0.25, 0.3) is 0 Å². The van der Waals surface area contributed by atoms with E-state index in [0.717, 1.165) is 34.9 Å². The monoisotopic (exact) mass is 293 g/mol. The predicted molar refractivity (Wildman–Crippen MR) is 82.8 cm³/mol. The molecule has 2 N–H and O–H groups in total. The molecule has 0 saturated carbocycles. The predicted octanol–water partition coefficient (Wildman–Crippen LogP) is 5.02. The van der Waals surface area contributed by atoms with Crippen molar-refractivity contribution in [1.29, 1.82) is 0 Å². The van der Waals surface area contributed by atoms with Crippen LogP contribution in [0.4, 0.5) is 0 Å². The molecule has 0 spiro atoms. The Morgan fingerprint density at radius 1 is 0.895 bits per heavy atom. The number of hydrogen-bond donors (Lipinski definition) is 1. The van der Waals surface area contributed by atoms with Crippen molar-refractivity contribution in [3.05, 3.63) is 69.7 Å². The highest BCUT2D eigenvalue weighted by Crippen LogP contribution is 2.27. The summed E-state index contributed by atoms with van der Waals surface area (Å²) >= 11 is 12.3. The average Bonchev–Trinajstić information content (AvgIpc) is 2.43. The molecule has 100 valence electrons. The van der Waals surface area contributed by atoms with E-state index in [0.29, 0.717) is 0 Å². The maximum Gasteiger partial charge on any atom is 0.0452 e. The van der Waals surface area contributed by atoms with Gasteiger partial charge < -0.3 is 5.73 Å². The lowest BCUT2D eigenvalue weighted by molar-refractivity contribution is 0.611. The fraction of sp³-hybridized carbons (Fsp3) is 0.250. The molecule has 0 saturated heterocycles. The van der Waals surface area contributed by atoms with Crippen LogP contribution in [0.3, 0.4) is 0 Å². The Morgan fingerprint density at radius 3 is 2.16 bits per heavy atom. The first-order valence-electron chi connectivity index (χ1n) is 6.42. The minimum Gasteiger partial charge on any atom is -0.324 e. The summed E-state index contributed by atoms with van der Waals surface area (Å²) in [7, 11) is 0. The van der Waals surface area contributed by atoms with Gasteiger partial charge in [-0.2, -0.15) is 0 Å². The molecule has 3 heteroatoms. The van der Waals surface area contributed by atoms with Gasteiger partial charge in [0.15, 0.2) is 0 Å². The van der Waals surface area contributed by atoms with Gasteiger partial charge in [0, 0.05) is 16.1 Å². The summed E-state index contributed by atoms with van der Waals surface area (Å²) in [4.78, 5) is 0. The summed E-state index contributed by atoms with van der Waals surface area (Å²) < 4.78 is 0. The molecule has 1 unspecified atom stereocenters. The second kappa shape index (κ2) is 6.95. The van der Waals surface area contributed by atoms with E-state index in [9.17, 15) is 0 Å². The molecule has 2 aromatic carbocycles. The fourth-order valence-electron chi connectivity index (χ4n) is 2.14. The summed E-state index contributed by atoms with van der Waals surface area (Å²) in [5, 5.41) is 1.47. The Kier molecular flexibility index (Phi) is 5.26. The minimum atomic E-state index is 0.0717. The topological polar surface area (TPSA) is 26.0 Å². The van der Waals surface area contributed by atoms with Crippen molar-refractivity contribution in [2.45, 2.75) is 25.3 Å². The summed E-state index contributed by atoms with van der Waals surface area (Å²) in [6.07, 6.45) is 2.75. The Labute approximate surface area is 124 Å². The zero-order chi connectivity index (χ0) is 13.7. The molecule has 0 radical (unpaired) electrons. The van der Waals surface area contributed by atoms with Crippen LogP contribution in [0.1, 0.15) is 30.0 Å². The van der Waals surface area contributed by atoms with Gasteiger partial charge in [0.05, 0.1) is 0 Å². The van der Waals surface area contributed by atoms with Crippen molar-refractivity contribution >= 4 is 23.2 Å². The Balaban J connectivity index is 1.90. The van der Waals surface area contributed by atoms with Gasteiger partial charge in [0.2, 0.25) is 0 Å². The van der Waals surface area contributed by atoms with Crippen LogP contribution >= 0.6 is 23.2 Å². The Morgan fingerprint density at radius 2 is 1.53 bits per heavy atom. The molecule has 0 heterocycles. The summed E-state index contributed by atoms with van der Waals surface area (Å²) in [6, 6.07) is 15.8. The number of rotatable bonds is 5. The van der Waals surface area contributed by atoms with Crippen molar-refractivity contribution in [2.75, 3.05) is 0 Å². The lowest BCUT2D eigenvalue weighted by Crippen LogP contribution is -2.10. The molecule has 0 aliphatic carbocycles. The van der Waals surface area contributed by atoms with E-state index in [1.807, 2.05) is 36.4 Å². The van der Waals surface area contributed by atoms with Crippen LogP contribution in [0, 0.1) is 0 Å². The molecule has 0 aliphatic rings. The molecule has 19 heavy (non-hydrogen) atoms. The lowest BCUT2D eigenvalue weighted by Gasteiger charge is -2.12. The fourth-order valence-corrected chi connectivity index (χ4v) is 2.72. The summed E-state index contributed by atoms with van der Waals surface area (Å²) in [6.45, 7) is 0. The molecule has 0 bridgehead atoms. The molecule has 1 nitrogen and oxygen atoms in total. The molecule has 0 aliphatic heterocycles. The van der Waals surface area contributed by atoms with E-state index in [-0.39, 0.29) is 6.04 Å². The number of hydrogen-bond acceptors (Lipinski definition) is 1. The minimum absolute atomic E-state index is 0.0717. The van der Waals surface area contributed by atoms with Gasteiger partial charge in [-0.1, -0.05) is 59.6 Å².